The van der Waals surface area contributed by atoms with Gasteiger partial charge in [0.15, 0.2) is 17.5 Å². The Morgan fingerprint density at radius 3 is 1.75 bits per heavy atom. The van der Waals surface area contributed by atoms with Crippen LogP contribution in [0.3, 0.4) is 0 Å². The summed E-state index contributed by atoms with van der Waals surface area (Å²) in [5.74, 6) is 1.88. The highest BCUT2D eigenvalue weighted by Crippen LogP contribution is 2.41. The smallest absolute Gasteiger partial charge is 0.164 e. The third kappa shape index (κ3) is 4.96. The first-order chi connectivity index (χ1) is 25.3. The van der Waals surface area contributed by atoms with Gasteiger partial charge in [-0.1, -0.05) is 158 Å². The van der Waals surface area contributed by atoms with Crippen LogP contribution in [0, 0.1) is 0 Å². The number of hydrogen-bond donors (Lipinski definition) is 0. The van der Waals surface area contributed by atoms with E-state index in [1.807, 2.05) is 24.3 Å². The number of rotatable bonds is 5. The van der Waals surface area contributed by atoms with Crippen LogP contribution < -0.4 is 0 Å². The van der Waals surface area contributed by atoms with E-state index in [1.54, 1.807) is 0 Å². The van der Waals surface area contributed by atoms with Crippen molar-refractivity contribution in [3.63, 3.8) is 0 Å². The molecule has 4 nitrogen and oxygen atoms in total. The van der Waals surface area contributed by atoms with Crippen LogP contribution in [0.25, 0.3) is 99.9 Å². The lowest BCUT2D eigenvalue weighted by Crippen LogP contribution is -2.01. The summed E-state index contributed by atoms with van der Waals surface area (Å²) < 4.78 is 6.48. The first-order valence-electron chi connectivity index (χ1n) is 17.1. The van der Waals surface area contributed by atoms with Crippen molar-refractivity contribution in [3.8, 4) is 56.4 Å². The van der Waals surface area contributed by atoms with Crippen LogP contribution in [0.2, 0.25) is 0 Å². The molecule has 0 amide bonds. The third-order valence-corrected chi connectivity index (χ3v) is 9.76. The Kier molecular flexibility index (Phi) is 6.78. The molecule has 10 rings (SSSR count). The maximum Gasteiger partial charge on any atom is 0.164 e. The average molecular weight is 652 g/mol. The number of benzene rings is 8. The zero-order valence-corrected chi connectivity index (χ0v) is 27.5. The van der Waals surface area contributed by atoms with Gasteiger partial charge >= 0.3 is 0 Å². The van der Waals surface area contributed by atoms with Gasteiger partial charge in [0.2, 0.25) is 0 Å². The Labute approximate surface area is 294 Å². The van der Waals surface area contributed by atoms with Crippen molar-refractivity contribution in [3.05, 3.63) is 176 Å². The predicted molar refractivity (Wildman–Crippen MR) is 209 cm³/mol. The number of aromatic nitrogens is 3. The SMILES string of the molecule is c1ccc(-c2ccccc2-c2nc(-c3ccc4ccccc4c3)nc(-c3ccc(-c4cccc5c4oc4ccccc45)c4ccccc34)n2)cc1. The van der Waals surface area contributed by atoms with Crippen molar-refractivity contribution in [1.82, 2.24) is 15.0 Å². The van der Waals surface area contributed by atoms with Crippen molar-refractivity contribution in [2.24, 2.45) is 0 Å². The quantitative estimate of drug-likeness (QED) is 0.186. The van der Waals surface area contributed by atoms with Gasteiger partial charge in [-0.3, -0.25) is 0 Å². The fourth-order valence-corrected chi connectivity index (χ4v) is 7.31. The first kappa shape index (κ1) is 29.0. The maximum atomic E-state index is 6.48. The van der Waals surface area contributed by atoms with Gasteiger partial charge in [-0.05, 0) is 56.4 Å². The molecule has 4 heteroatoms. The van der Waals surface area contributed by atoms with Crippen molar-refractivity contribution in [2.45, 2.75) is 0 Å². The number of nitrogens with zero attached hydrogens (tertiary/aromatic N) is 3. The van der Waals surface area contributed by atoms with Crippen LogP contribution in [0.1, 0.15) is 0 Å². The molecule has 0 saturated heterocycles. The van der Waals surface area contributed by atoms with E-state index in [1.165, 1.54) is 5.39 Å². The van der Waals surface area contributed by atoms with Crippen LogP contribution in [0.15, 0.2) is 180 Å². The highest BCUT2D eigenvalue weighted by Gasteiger charge is 2.19. The summed E-state index contributed by atoms with van der Waals surface area (Å²) in [4.78, 5) is 15.6. The van der Waals surface area contributed by atoms with Gasteiger partial charge in [0, 0.05) is 33.0 Å². The zero-order valence-electron chi connectivity index (χ0n) is 27.5. The molecular weight excluding hydrogens is 623 g/mol. The monoisotopic (exact) mass is 651 g/mol. The highest BCUT2D eigenvalue weighted by molar-refractivity contribution is 6.13. The van der Waals surface area contributed by atoms with E-state index in [2.05, 4.69) is 152 Å². The largest absolute Gasteiger partial charge is 0.455 e. The molecule has 238 valence electrons. The fourth-order valence-electron chi connectivity index (χ4n) is 7.31. The minimum Gasteiger partial charge on any atom is -0.455 e. The van der Waals surface area contributed by atoms with Gasteiger partial charge in [-0.2, -0.15) is 0 Å². The molecule has 0 aliphatic heterocycles. The minimum atomic E-state index is 0.621. The molecule has 2 heterocycles. The Balaban J connectivity index is 1.21. The van der Waals surface area contributed by atoms with Gasteiger partial charge in [0.05, 0.1) is 0 Å². The second kappa shape index (κ2) is 11.9. The summed E-state index contributed by atoms with van der Waals surface area (Å²) in [7, 11) is 0. The van der Waals surface area contributed by atoms with E-state index >= 15 is 0 Å². The van der Waals surface area contributed by atoms with Crippen molar-refractivity contribution in [1.29, 1.82) is 0 Å². The van der Waals surface area contributed by atoms with Crippen LogP contribution in [-0.4, -0.2) is 15.0 Å². The molecule has 0 saturated carbocycles. The maximum absolute atomic E-state index is 6.48. The summed E-state index contributed by atoms with van der Waals surface area (Å²) in [6, 6.07) is 60.9. The minimum absolute atomic E-state index is 0.621. The molecule has 0 unspecified atom stereocenters. The Morgan fingerprint density at radius 1 is 0.314 bits per heavy atom. The summed E-state index contributed by atoms with van der Waals surface area (Å²) in [6.45, 7) is 0. The molecule has 0 N–H and O–H groups in total. The van der Waals surface area contributed by atoms with E-state index in [0.29, 0.717) is 17.5 Å². The first-order valence-corrected chi connectivity index (χ1v) is 17.1. The number of fused-ring (bicyclic) bond motifs is 5. The van der Waals surface area contributed by atoms with Crippen molar-refractivity contribution in [2.75, 3.05) is 0 Å². The Morgan fingerprint density at radius 2 is 0.902 bits per heavy atom. The molecule has 51 heavy (non-hydrogen) atoms. The Bertz CT molecular complexity index is 2930. The van der Waals surface area contributed by atoms with Gasteiger partial charge < -0.3 is 4.42 Å². The topological polar surface area (TPSA) is 51.8 Å². The van der Waals surface area contributed by atoms with Gasteiger partial charge in [0.1, 0.15) is 11.2 Å². The van der Waals surface area contributed by atoms with Crippen LogP contribution >= 0.6 is 0 Å². The van der Waals surface area contributed by atoms with E-state index in [9.17, 15) is 0 Å². The summed E-state index contributed by atoms with van der Waals surface area (Å²) in [5, 5.41) is 6.69. The second-order valence-corrected chi connectivity index (χ2v) is 12.8. The molecule has 0 aliphatic rings. The molecule has 8 aromatic carbocycles. The summed E-state index contributed by atoms with van der Waals surface area (Å²) >= 11 is 0. The van der Waals surface area contributed by atoms with Gasteiger partial charge in [-0.15, -0.1) is 0 Å². The molecule has 0 spiro atoms. The highest BCUT2D eigenvalue weighted by atomic mass is 16.3. The number of furan rings is 1. The standard InChI is InChI=1S/C47H29N3O/c1-2-14-31(15-3-1)34-17-6-9-21-41(34)46-48-45(33-26-25-30-13-4-5-16-32(30)29-33)49-47(50-46)42-28-27-37(35-18-7-8-19-36(35)42)39-22-12-23-40-38-20-10-11-24-43(38)51-44(39)40/h1-29H. The van der Waals surface area contributed by atoms with Crippen LogP contribution in [0.4, 0.5) is 0 Å². The van der Waals surface area contributed by atoms with Gasteiger partial charge in [0.25, 0.3) is 0 Å². The predicted octanol–water partition coefficient (Wildman–Crippen LogP) is 12.4. The third-order valence-electron chi connectivity index (χ3n) is 9.76. The number of hydrogen-bond acceptors (Lipinski definition) is 4. The molecule has 0 atom stereocenters. The molecule has 0 aliphatic carbocycles. The van der Waals surface area contributed by atoms with Crippen molar-refractivity contribution < 1.29 is 4.42 Å². The zero-order chi connectivity index (χ0) is 33.7. The molecule has 2 aromatic heterocycles. The molecular formula is C47H29N3O. The van der Waals surface area contributed by atoms with Crippen LogP contribution in [0.5, 0.6) is 0 Å². The molecule has 0 bridgehead atoms. The van der Waals surface area contributed by atoms with E-state index < -0.39 is 0 Å². The summed E-state index contributed by atoms with van der Waals surface area (Å²) in [6.07, 6.45) is 0. The average Bonchev–Trinajstić information content (AvgIpc) is 3.60. The lowest BCUT2D eigenvalue weighted by molar-refractivity contribution is 0.670. The van der Waals surface area contributed by atoms with Crippen molar-refractivity contribution >= 4 is 43.5 Å². The normalized spacial score (nSPS) is 11.5. The second-order valence-electron chi connectivity index (χ2n) is 12.8. The fraction of sp³-hybridized carbons (Fsp3) is 0. The molecule has 0 fully saturated rings. The van der Waals surface area contributed by atoms with E-state index in [-0.39, 0.29) is 0 Å². The lowest BCUT2D eigenvalue weighted by atomic mass is 9.93. The lowest BCUT2D eigenvalue weighted by Gasteiger charge is -2.14. The molecule has 0 radical (unpaired) electrons. The molecule has 10 aromatic rings. The number of para-hydroxylation sites is 2. The summed E-state index contributed by atoms with van der Waals surface area (Å²) in [5.41, 5.74) is 8.92. The van der Waals surface area contributed by atoms with E-state index in [0.717, 1.165) is 77.0 Å². The van der Waals surface area contributed by atoms with E-state index in [4.69, 9.17) is 19.4 Å². The Hall–Kier alpha value is -6.91. The van der Waals surface area contributed by atoms with Gasteiger partial charge in [-0.25, -0.2) is 15.0 Å². The van der Waals surface area contributed by atoms with Crippen LogP contribution in [-0.2, 0) is 0 Å².